The molecule has 7 N–H and O–H groups in total. The van der Waals surface area contributed by atoms with E-state index < -0.39 is 12.0 Å². The highest BCUT2D eigenvalue weighted by molar-refractivity contribution is 5.86. The number of aliphatic carboxylic acids is 1. The zero-order valence-corrected chi connectivity index (χ0v) is 16.8. The summed E-state index contributed by atoms with van der Waals surface area (Å²) < 4.78 is 0. The number of carboxylic acid groups (broad SMARTS) is 1. The fourth-order valence-electron chi connectivity index (χ4n) is 2.41. The van der Waals surface area contributed by atoms with E-state index in [4.69, 9.17) is 16.6 Å². The third kappa shape index (κ3) is 8.59. The third-order valence-corrected chi connectivity index (χ3v) is 3.59. The summed E-state index contributed by atoms with van der Waals surface area (Å²) in [5.74, 6) is -1.14. The lowest BCUT2D eigenvalue weighted by molar-refractivity contribution is -0.139. The minimum atomic E-state index is -0.885. The highest BCUT2D eigenvalue weighted by Gasteiger charge is 2.29. The van der Waals surface area contributed by atoms with Gasteiger partial charge in [0.25, 0.3) is 0 Å². The molecule has 0 bridgehead atoms. The van der Waals surface area contributed by atoms with Gasteiger partial charge in [0.05, 0.1) is 23.9 Å². The molecule has 0 spiro atoms. The van der Waals surface area contributed by atoms with E-state index in [2.05, 4.69) is 15.6 Å². The number of para-hydroxylation sites is 1. The number of pyridine rings is 1. The summed E-state index contributed by atoms with van der Waals surface area (Å²) in [6.45, 7) is 0.428. The Morgan fingerprint density at radius 1 is 1.26 bits per heavy atom. The van der Waals surface area contributed by atoms with Gasteiger partial charge in [-0.15, -0.1) is 37.2 Å². The lowest BCUT2D eigenvalue weighted by Gasteiger charge is -2.09. The molecular formula is C16H24Cl3N5O3. The fraction of sp³-hybridized carbons (Fsp3) is 0.312. The second-order valence-corrected chi connectivity index (χ2v) is 5.46. The first-order valence-electron chi connectivity index (χ1n) is 7.55. The second kappa shape index (κ2) is 13.3. The molecule has 11 heteroatoms. The molecule has 1 unspecified atom stereocenters. The predicted molar refractivity (Wildman–Crippen MR) is 113 cm³/mol. The van der Waals surface area contributed by atoms with E-state index in [9.17, 15) is 9.59 Å². The number of benzene rings is 1. The largest absolute Gasteiger partial charge is 0.480 e. The monoisotopic (exact) mass is 439 g/mol. The van der Waals surface area contributed by atoms with Crippen LogP contribution in [0, 0.1) is 0 Å². The first kappa shape index (κ1) is 27.4. The van der Waals surface area contributed by atoms with Crippen LogP contribution in [0.4, 0.5) is 5.69 Å². The number of nitrogens with two attached hydrogens (primary N) is 2. The number of fused-ring (bicyclic) bond motifs is 1. The summed E-state index contributed by atoms with van der Waals surface area (Å²) in [7, 11) is 0. The summed E-state index contributed by atoms with van der Waals surface area (Å²) in [6, 6.07) is 9.16. The summed E-state index contributed by atoms with van der Waals surface area (Å²) in [6.07, 6.45) is 2.09. The second-order valence-electron chi connectivity index (χ2n) is 5.46. The molecule has 152 valence electrons. The van der Waals surface area contributed by atoms with E-state index in [1.165, 1.54) is 0 Å². The Kier molecular flexibility index (Phi) is 13.5. The lowest BCUT2D eigenvalue weighted by atomic mass is 10.2. The molecule has 2 aromatic rings. The molecule has 1 amide bonds. The van der Waals surface area contributed by atoms with Gasteiger partial charge in [-0.3, -0.25) is 14.6 Å². The average Bonchev–Trinajstić information content (AvgIpc) is 3.04. The van der Waals surface area contributed by atoms with Crippen LogP contribution in [-0.4, -0.2) is 47.1 Å². The molecule has 1 aliphatic rings. The van der Waals surface area contributed by atoms with Crippen LogP contribution in [0.2, 0.25) is 0 Å². The summed E-state index contributed by atoms with van der Waals surface area (Å²) in [4.78, 5) is 25.5. The van der Waals surface area contributed by atoms with E-state index in [-0.39, 0.29) is 55.7 Å². The van der Waals surface area contributed by atoms with Gasteiger partial charge in [0.2, 0.25) is 5.91 Å². The zero-order valence-electron chi connectivity index (χ0n) is 14.3. The predicted octanol–water partition coefficient (Wildman–Crippen LogP) is 0.959. The Bertz CT molecular complexity index is 735. The molecule has 0 radical (unpaired) electrons. The van der Waals surface area contributed by atoms with Crippen molar-refractivity contribution in [2.45, 2.75) is 18.5 Å². The van der Waals surface area contributed by atoms with Crippen LogP contribution < -0.4 is 22.1 Å². The van der Waals surface area contributed by atoms with Gasteiger partial charge in [-0.25, -0.2) is 0 Å². The van der Waals surface area contributed by atoms with Gasteiger partial charge in [-0.2, -0.15) is 0 Å². The molecule has 1 aromatic carbocycles. The lowest BCUT2D eigenvalue weighted by Crippen LogP contribution is -2.39. The molecule has 0 saturated carbocycles. The summed E-state index contributed by atoms with van der Waals surface area (Å²) >= 11 is 0. The highest BCUT2D eigenvalue weighted by atomic mass is 35.5. The Hall–Kier alpha value is -1.84. The fourth-order valence-corrected chi connectivity index (χ4v) is 2.41. The Balaban J connectivity index is 0. The van der Waals surface area contributed by atoms with Gasteiger partial charge in [-0.1, -0.05) is 18.2 Å². The maximum Gasteiger partial charge on any atom is 0.320 e. The summed E-state index contributed by atoms with van der Waals surface area (Å²) in [5, 5.41) is 15.1. The van der Waals surface area contributed by atoms with Crippen LogP contribution >= 0.6 is 37.2 Å². The number of nitrogens with zero attached hydrogens (tertiary/aromatic N) is 1. The molecule has 3 rings (SSSR count). The third-order valence-electron chi connectivity index (χ3n) is 3.59. The van der Waals surface area contributed by atoms with Crippen molar-refractivity contribution in [3.8, 4) is 0 Å². The van der Waals surface area contributed by atoms with Crippen LogP contribution in [0.5, 0.6) is 0 Å². The molecule has 2 atom stereocenters. The van der Waals surface area contributed by atoms with E-state index in [0.29, 0.717) is 18.7 Å². The van der Waals surface area contributed by atoms with E-state index in [0.717, 1.165) is 10.9 Å². The standard InChI is InChI=1S/C9H8N2.C7H13N3O3.3ClH/c10-8-5-7-3-1-2-4-9(7)11-6-8;8-2-6(11)10-4-1-5(7(12)13)9-3-4;;;/h1-6H,10H2;4-5,9H,1-3,8H2,(H,10,11)(H,12,13);3*1H/t;4?,5-;;;/m.0.../s1. The molecule has 1 saturated heterocycles. The van der Waals surface area contributed by atoms with Crippen molar-refractivity contribution < 1.29 is 14.7 Å². The molecule has 0 aliphatic carbocycles. The van der Waals surface area contributed by atoms with E-state index >= 15 is 0 Å². The van der Waals surface area contributed by atoms with E-state index in [1.807, 2.05) is 30.3 Å². The zero-order chi connectivity index (χ0) is 17.5. The van der Waals surface area contributed by atoms with Gasteiger partial charge in [0.1, 0.15) is 6.04 Å². The van der Waals surface area contributed by atoms with Crippen LogP contribution in [0.25, 0.3) is 10.9 Å². The molecule has 27 heavy (non-hydrogen) atoms. The molecule has 1 aromatic heterocycles. The number of nitrogen functional groups attached to an aromatic ring is 1. The number of hydrogen-bond donors (Lipinski definition) is 5. The number of amides is 1. The Labute approximate surface area is 175 Å². The summed E-state index contributed by atoms with van der Waals surface area (Å²) in [5.41, 5.74) is 12.4. The topological polar surface area (TPSA) is 143 Å². The number of carbonyl (C=O) groups is 2. The molecule has 1 fully saturated rings. The number of hydrogen-bond acceptors (Lipinski definition) is 6. The van der Waals surface area contributed by atoms with Gasteiger partial charge in [-0.05, 0) is 18.6 Å². The molecular weight excluding hydrogens is 417 g/mol. The normalized spacial score (nSPS) is 17.2. The average molecular weight is 441 g/mol. The maximum absolute atomic E-state index is 10.8. The number of carboxylic acids is 1. The van der Waals surface area contributed by atoms with Gasteiger partial charge in [0.15, 0.2) is 0 Å². The first-order chi connectivity index (χ1) is 11.5. The quantitative estimate of drug-likeness (QED) is 0.478. The SMILES string of the molecule is Cl.Cl.Cl.NCC(=O)NC1CN[C@H](C(=O)O)C1.Nc1cnc2ccccc2c1. The number of nitrogens with one attached hydrogen (secondary N) is 2. The maximum atomic E-state index is 10.8. The van der Waals surface area contributed by atoms with Crippen molar-refractivity contribution in [3.63, 3.8) is 0 Å². The van der Waals surface area contributed by atoms with Gasteiger partial charge >= 0.3 is 5.97 Å². The molecule has 1 aliphatic heterocycles. The minimum Gasteiger partial charge on any atom is -0.480 e. The van der Waals surface area contributed by atoms with Crippen LogP contribution in [-0.2, 0) is 9.59 Å². The highest BCUT2D eigenvalue weighted by Crippen LogP contribution is 2.12. The van der Waals surface area contributed by atoms with Gasteiger partial charge < -0.3 is 27.2 Å². The molecule has 8 nitrogen and oxygen atoms in total. The van der Waals surface area contributed by atoms with Crippen LogP contribution in [0.1, 0.15) is 6.42 Å². The number of rotatable bonds is 3. The number of anilines is 1. The van der Waals surface area contributed by atoms with Crippen LogP contribution in [0.3, 0.4) is 0 Å². The Morgan fingerprint density at radius 2 is 1.93 bits per heavy atom. The van der Waals surface area contributed by atoms with Crippen molar-refractivity contribution in [3.05, 3.63) is 36.5 Å². The van der Waals surface area contributed by atoms with E-state index in [1.54, 1.807) is 6.20 Å². The van der Waals surface area contributed by atoms with Crippen molar-refractivity contribution >= 4 is 65.7 Å². The number of carbonyl (C=O) groups excluding carboxylic acids is 1. The number of aromatic nitrogens is 1. The smallest absolute Gasteiger partial charge is 0.320 e. The number of halogens is 3. The van der Waals surface area contributed by atoms with Crippen molar-refractivity contribution in [1.82, 2.24) is 15.6 Å². The van der Waals surface area contributed by atoms with Gasteiger partial charge in [0, 0.05) is 18.0 Å². The molecule has 2 heterocycles. The van der Waals surface area contributed by atoms with Crippen molar-refractivity contribution in [1.29, 1.82) is 0 Å². The van der Waals surface area contributed by atoms with Crippen molar-refractivity contribution in [2.75, 3.05) is 18.8 Å². The first-order valence-corrected chi connectivity index (χ1v) is 7.55. The minimum absolute atomic E-state index is 0. The van der Waals surface area contributed by atoms with Crippen LogP contribution in [0.15, 0.2) is 36.5 Å². The van der Waals surface area contributed by atoms with Crippen molar-refractivity contribution in [2.24, 2.45) is 5.73 Å². The Morgan fingerprint density at radius 3 is 2.52 bits per heavy atom.